The predicted octanol–water partition coefficient (Wildman–Crippen LogP) is 4.82. The van der Waals surface area contributed by atoms with E-state index in [4.69, 9.17) is 4.74 Å². The summed E-state index contributed by atoms with van der Waals surface area (Å²) in [7, 11) is 0. The molecule has 0 N–H and O–H groups in total. The molecule has 4 heteroatoms. The third kappa shape index (κ3) is 2.37. The molecule has 0 spiro atoms. The fourth-order valence-electron chi connectivity index (χ4n) is 3.13. The van der Waals surface area contributed by atoms with E-state index in [0.717, 1.165) is 37.0 Å². The first-order valence-corrected chi connectivity index (χ1v) is 6.96. The van der Waals surface area contributed by atoms with Gasteiger partial charge in [-0.3, -0.25) is 0 Å². The molecule has 1 fully saturated rings. The molecule has 1 nitrogen and oxygen atoms in total. The Morgan fingerprint density at radius 3 is 2.45 bits per heavy atom. The molecular formula is C16H17F3O. The van der Waals surface area contributed by atoms with Crippen LogP contribution in [0.15, 0.2) is 35.9 Å². The number of halogens is 3. The number of hydrogen-bond donors (Lipinski definition) is 0. The largest absolute Gasteiger partial charge is 0.416 e. The first kappa shape index (κ1) is 13.7. The van der Waals surface area contributed by atoms with Gasteiger partial charge < -0.3 is 4.74 Å². The van der Waals surface area contributed by atoms with Crippen LogP contribution in [0.1, 0.15) is 43.7 Å². The zero-order valence-electron chi connectivity index (χ0n) is 11.3. The van der Waals surface area contributed by atoms with E-state index in [0.29, 0.717) is 0 Å². The van der Waals surface area contributed by atoms with Gasteiger partial charge in [0, 0.05) is 0 Å². The maximum Gasteiger partial charge on any atom is 0.416 e. The van der Waals surface area contributed by atoms with Crippen LogP contribution in [0.3, 0.4) is 0 Å². The summed E-state index contributed by atoms with van der Waals surface area (Å²) in [5, 5.41) is 0. The average Bonchev–Trinajstić information content (AvgIpc) is 2.75. The lowest BCUT2D eigenvalue weighted by atomic mass is 9.90. The molecule has 0 unspecified atom stereocenters. The van der Waals surface area contributed by atoms with Crippen LogP contribution in [0.2, 0.25) is 0 Å². The van der Waals surface area contributed by atoms with Crippen LogP contribution in [0.5, 0.6) is 0 Å². The number of benzene rings is 1. The molecule has 2 aliphatic rings. The van der Waals surface area contributed by atoms with E-state index in [1.54, 1.807) is 0 Å². The molecule has 0 radical (unpaired) electrons. The lowest BCUT2D eigenvalue weighted by molar-refractivity contribution is -0.137. The minimum atomic E-state index is -4.29. The topological polar surface area (TPSA) is 9.23 Å². The second-order valence-corrected chi connectivity index (χ2v) is 5.75. The van der Waals surface area contributed by atoms with Crippen molar-refractivity contribution < 1.29 is 17.9 Å². The van der Waals surface area contributed by atoms with Crippen molar-refractivity contribution in [2.45, 2.75) is 50.5 Å². The molecule has 0 bridgehead atoms. The Bertz CT molecular complexity index is 530. The third-order valence-corrected chi connectivity index (χ3v) is 4.23. The van der Waals surface area contributed by atoms with E-state index in [1.807, 2.05) is 6.92 Å². The molecule has 1 heterocycles. The summed E-state index contributed by atoms with van der Waals surface area (Å²) in [6.45, 7) is 1.93. The van der Waals surface area contributed by atoms with Gasteiger partial charge in [0.25, 0.3) is 0 Å². The molecule has 0 amide bonds. The van der Waals surface area contributed by atoms with Crippen LogP contribution < -0.4 is 0 Å². The maximum atomic E-state index is 12.6. The molecule has 3 rings (SSSR count). The Hall–Kier alpha value is -1.29. The molecule has 1 aliphatic heterocycles. The smallest absolute Gasteiger partial charge is 0.359 e. The van der Waals surface area contributed by atoms with Crippen molar-refractivity contribution in [1.29, 1.82) is 0 Å². The minimum absolute atomic E-state index is 0.149. The first-order valence-electron chi connectivity index (χ1n) is 6.96. The van der Waals surface area contributed by atoms with Crippen LogP contribution >= 0.6 is 0 Å². The van der Waals surface area contributed by atoms with Gasteiger partial charge in [0.15, 0.2) is 0 Å². The van der Waals surface area contributed by atoms with E-state index in [-0.39, 0.29) is 6.10 Å². The normalized spacial score (nSPS) is 30.0. The van der Waals surface area contributed by atoms with Gasteiger partial charge in [-0.05, 0) is 55.5 Å². The fourth-order valence-corrected chi connectivity index (χ4v) is 3.13. The Balaban J connectivity index is 1.88. The van der Waals surface area contributed by atoms with E-state index in [1.165, 1.54) is 24.1 Å². The summed E-state index contributed by atoms with van der Waals surface area (Å²) >= 11 is 0. The van der Waals surface area contributed by atoms with Gasteiger partial charge in [0.1, 0.15) is 5.60 Å². The molecule has 20 heavy (non-hydrogen) atoms. The van der Waals surface area contributed by atoms with E-state index in [2.05, 4.69) is 6.08 Å². The van der Waals surface area contributed by atoms with Crippen molar-refractivity contribution in [2.75, 3.05) is 0 Å². The van der Waals surface area contributed by atoms with Gasteiger partial charge in [-0.15, -0.1) is 0 Å². The summed E-state index contributed by atoms with van der Waals surface area (Å²) in [4.78, 5) is 0. The highest BCUT2D eigenvalue weighted by molar-refractivity contribution is 5.36. The fraction of sp³-hybridized carbons (Fsp3) is 0.500. The first-order chi connectivity index (χ1) is 9.38. The summed E-state index contributed by atoms with van der Waals surface area (Å²) in [6, 6.07) is 5.31. The monoisotopic (exact) mass is 282 g/mol. The summed E-state index contributed by atoms with van der Waals surface area (Å²) < 4.78 is 43.9. The van der Waals surface area contributed by atoms with Gasteiger partial charge in [-0.2, -0.15) is 13.2 Å². The van der Waals surface area contributed by atoms with Gasteiger partial charge in [-0.1, -0.05) is 18.6 Å². The molecule has 1 saturated carbocycles. The van der Waals surface area contributed by atoms with Crippen molar-refractivity contribution >= 4 is 0 Å². The highest BCUT2D eigenvalue weighted by atomic mass is 19.4. The van der Waals surface area contributed by atoms with E-state index < -0.39 is 17.3 Å². The second kappa shape index (κ2) is 4.62. The van der Waals surface area contributed by atoms with E-state index in [9.17, 15) is 13.2 Å². The number of ether oxygens (including phenoxy) is 1. The Kier molecular flexibility index (Phi) is 3.16. The standard InChI is InChI=1S/C16H17F3O/c1-15(10-11-4-2-3-5-14(11)20-15)12-6-8-13(9-7-12)16(17,18)19/h6-10,14H,2-5H2,1H3/t14-,15-/m0/s1. The number of rotatable bonds is 1. The molecule has 0 aromatic heterocycles. The van der Waals surface area contributed by atoms with Crippen molar-refractivity contribution in [3.05, 3.63) is 47.0 Å². The number of alkyl halides is 3. The molecule has 0 saturated heterocycles. The quantitative estimate of drug-likeness (QED) is 0.671. The SMILES string of the molecule is C[C@@]1(c2ccc(C(F)(F)F)cc2)C=C2CCCC[C@@H]2O1. The van der Waals surface area contributed by atoms with Gasteiger partial charge in [0.2, 0.25) is 0 Å². The summed E-state index contributed by atoms with van der Waals surface area (Å²) in [6.07, 6.45) is 2.35. The van der Waals surface area contributed by atoms with Gasteiger partial charge in [-0.25, -0.2) is 0 Å². The highest BCUT2D eigenvalue weighted by Crippen LogP contribution is 2.43. The Morgan fingerprint density at radius 1 is 1.15 bits per heavy atom. The van der Waals surface area contributed by atoms with Crippen molar-refractivity contribution in [3.63, 3.8) is 0 Å². The lowest BCUT2D eigenvalue weighted by Crippen LogP contribution is -2.24. The van der Waals surface area contributed by atoms with Gasteiger partial charge >= 0.3 is 6.18 Å². The van der Waals surface area contributed by atoms with Crippen LogP contribution in [0.25, 0.3) is 0 Å². The Labute approximate surface area is 116 Å². The average molecular weight is 282 g/mol. The van der Waals surface area contributed by atoms with Crippen molar-refractivity contribution in [1.82, 2.24) is 0 Å². The number of fused-ring (bicyclic) bond motifs is 1. The maximum absolute atomic E-state index is 12.6. The summed E-state index contributed by atoms with van der Waals surface area (Å²) in [5.41, 5.74) is 0.882. The van der Waals surface area contributed by atoms with Crippen LogP contribution in [0, 0.1) is 0 Å². The van der Waals surface area contributed by atoms with Crippen molar-refractivity contribution in [2.24, 2.45) is 0 Å². The predicted molar refractivity (Wildman–Crippen MR) is 70.2 cm³/mol. The molecule has 1 aromatic carbocycles. The minimum Gasteiger partial charge on any atom is -0.359 e. The van der Waals surface area contributed by atoms with Crippen molar-refractivity contribution in [3.8, 4) is 0 Å². The number of hydrogen-bond acceptors (Lipinski definition) is 1. The molecule has 2 atom stereocenters. The lowest BCUT2D eigenvalue weighted by Gasteiger charge is -2.27. The second-order valence-electron chi connectivity index (χ2n) is 5.75. The third-order valence-electron chi connectivity index (χ3n) is 4.23. The van der Waals surface area contributed by atoms with Crippen LogP contribution in [-0.2, 0) is 16.5 Å². The molecule has 1 aromatic rings. The van der Waals surface area contributed by atoms with Gasteiger partial charge in [0.05, 0.1) is 11.7 Å². The zero-order valence-corrected chi connectivity index (χ0v) is 11.3. The molecule has 1 aliphatic carbocycles. The van der Waals surface area contributed by atoms with E-state index >= 15 is 0 Å². The highest BCUT2D eigenvalue weighted by Gasteiger charge is 2.39. The zero-order chi connectivity index (χ0) is 14.4. The molecule has 108 valence electrons. The summed E-state index contributed by atoms with van der Waals surface area (Å²) in [5.74, 6) is 0. The van der Waals surface area contributed by atoms with Crippen LogP contribution in [0.4, 0.5) is 13.2 Å². The Morgan fingerprint density at radius 2 is 1.85 bits per heavy atom. The molecular weight excluding hydrogens is 265 g/mol. The van der Waals surface area contributed by atoms with Crippen LogP contribution in [-0.4, -0.2) is 6.10 Å².